The Labute approximate surface area is 111 Å². The smallest absolute Gasteiger partial charge is 0.254 e. The molecule has 1 amide bonds. The number of carbonyl (C=O) groups is 1. The predicted octanol–water partition coefficient (Wildman–Crippen LogP) is 2.13. The fraction of sp³-hybridized carbons (Fsp3) is 0.500. The molecule has 0 spiro atoms. The average Bonchev–Trinajstić information content (AvgIpc) is 2.36. The third kappa shape index (κ3) is 3.60. The molecule has 4 nitrogen and oxygen atoms in total. The molecule has 2 N–H and O–H groups in total. The summed E-state index contributed by atoms with van der Waals surface area (Å²) in [5.74, 6) is -0.972. The van der Waals surface area contributed by atoms with Crippen molar-refractivity contribution in [1.82, 2.24) is 10.3 Å². The number of hydrogen-bond donors (Lipinski definition) is 2. The van der Waals surface area contributed by atoms with Crippen LogP contribution in [-0.4, -0.2) is 35.5 Å². The van der Waals surface area contributed by atoms with Crippen molar-refractivity contribution in [2.75, 3.05) is 25.2 Å². The fourth-order valence-corrected chi connectivity index (χ4v) is 1.47. The van der Waals surface area contributed by atoms with Crippen molar-refractivity contribution in [3.05, 3.63) is 23.6 Å². The van der Waals surface area contributed by atoms with E-state index in [1.165, 1.54) is 12.3 Å². The van der Waals surface area contributed by atoms with Gasteiger partial charge in [0.25, 0.3) is 5.91 Å². The maximum atomic E-state index is 13.8. The highest BCUT2D eigenvalue weighted by atomic mass is 32.2. The van der Waals surface area contributed by atoms with Crippen LogP contribution in [0, 0.1) is 5.82 Å². The number of nitrogens with one attached hydrogen (secondary N) is 2. The molecular formula is C12H18FN3OS. The largest absolute Gasteiger partial charge is 0.371 e. The van der Waals surface area contributed by atoms with Crippen LogP contribution in [0.25, 0.3) is 0 Å². The summed E-state index contributed by atoms with van der Waals surface area (Å²) in [6.07, 6.45) is 3.38. The van der Waals surface area contributed by atoms with Gasteiger partial charge in [0, 0.05) is 24.5 Å². The van der Waals surface area contributed by atoms with E-state index in [2.05, 4.69) is 15.6 Å². The summed E-state index contributed by atoms with van der Waals surface area (Å²) in [4.78, 5) is 15.7. The lowest BCUT2D eigenvalue weighted by Gasteiger charge is -2.22. The highest BCUT2D eigenvalue weighted by molar-refractivity contribution is 7.99. The van der Waals surface area contributed by atoms with Crippen molar-refractivity contribution < 1.29 is 9.18 Å². The number of amides is 1. The zero-order chi connectivity index (χ0) is 13.8. The third-order valence-corrected chi connectivity index (χ3v) is 3.85. The van der Waals surface area contributed by atoms with Crippen molar-refractivity contribution in [2.45, 2.75) is 18.6 Å². The maximum Gasteiger partial charge on any atom is 0.254 e. The van der Waals surface area contributed by atoms with Gasteiger partial charge in [-0.1, -0.05) is 0 Å². The summed E-state index contributed by atoms with van der Waals surface area (Å²) in [5.41, 5.74) is 0.00579. The molecule has 0 saturated carbocycles. The first-order valence-corrected chi connectivity index (χ1v) is 6.79. The summed E-state index contributed by atoms with van der Waals surface area (Å²) in [6, 6.07) is 1.37. The van der Waals surface area contributed by atoms with Gasteiger partial charge in [0.2, 0.25) is 0 Å². The van der Waals surface area contributed by atoms with Crippen LogP contribution < -0.4 is 10.6 Å². The van der Waals surface area contributed by atoms with Crippen molar-refractivity contribution in [3.8, 4) is 0 Å². The van der Waals surface area contributed by atoms with E-state index in [0.29, 0.717) is 6.54 Å². The minimum atomic E-state index is -0.626. The molecule has 1 rings (SSSR count). The Morgan fingerprint density at radius 1 is 1.56 bits per heavy atom. The summed E-state index contributed by atoms with van der Waals surface area (Å²) in [5, 5.41) is 5.33. The van der Waals surface area contributed by atoms with Gasteiger partial charge in [-0.25, -0.2) is 9.37 Å². The third-order valence-electron chi connectivity index (χ3n) is 2.60. The molecule has 0 unspecified atom stereocenters. The molecule has 0 bridgehead atoms. The van der Waals surface area contributed by atoms with Crippen molar-refractivity contribution >= 4 is 23.5 Å². The van der Waals surface area contributed by atoms with Gasteiger partial charge in [0.1, 0.15) is 0 Å². The fourth-order valence-electron chi connectivity index (χ4n) is 1.25. The molecule has 0 saturated heterocycles. The van der Waals surface area contributed by atoms with E-state index in [0.717, 1.165) is 0 Å². The molecule has 0 aliphatic carbocycles. The molecule has 0 aliphatic rings. The summed E-state index contributed by atoms with van der Waals surface area (Å²) in [7, 11) is 1.56. The monoisotopic (exact) mass is 271 g/mol. The van der Waals surface area contributed by atoms with Gasteiger partial charge < -0.3 is 10.6 Å². The predicted molar refractivity (Wildman–Crippen MR) is 73.7 cm³/mol. The molecule has 0 radical (unpaired) electrons. The van der Waals surface area contributed by atoms with E-state index in [9.17, 15) is 9.18 Å². The minimum Gasteiger partial charge on any atom is -0.371 e. The number of hydrogen-bond acceptors (Lipinski definition) is 4. The van der Waals surface area contributed by atoms with Crippen LogP contribution in [0.15, 0.2) is 12.3 Å². The number of halogens is 1. The molecule has 0 aliphatic heterocycles. The van der Waals surface area contributed by atoms with Crippen molar-refractivity contribution in [2.24, 2.45) is 0 Å². The van der Waals surface area contributed by atoms with Gasteiger partial charge in [-0.3, -0.25) is 4.79 Å². The topological polar surface area (TPSA) is 54.0 Å². The number of rotatable bonds is 5. The van der Waals surface area contributed by atoms with Crippen molar-refractivity contribution in [3.63, 3.8) is 0 Å². The van der Waals surface area contributed by atoms with Crippen molar-refractivity contribution in [1.29, 1.82) is 0 Å². The zero-order valence-electron chi connectivity index (χ0n) is 11.0. The van der Waals surface area contributed by atoms with E-state index in [1.807, 2.05) is 20.1 Å². The van der Waals surface area contributed by atoms with Gasteiger partial charge in [0.15, 0.2) is 11.6 Å². The van der Waals surface area contributed by atoms with E-state index < -0.39 is 11.7 Å². The Bertz CT molecular complexity index is 437. The minimum absolute atomic E-state index is 0.00579. The Hall–Kier alpha value is -1.30. The molecule has 0 aromatic carbocycles. The number of nitrogens with zero attached hydrogens (tertiary/aromatic N) is 1. The highest BCUT2D eigenvalue weighted by Crippen LogP contribution is 2.20. The van der Waals surface area contributed by atoms with E-state index in [-0.39, 0.29) is 16.1 Å². The number of pyridine rings is 1. The molecule has 100 valence electrons. The Balaban J connectivity index is 2.79. The van der Waals surface area contributed by atoms with Crippen LogP contribution in [0.2, 0.25) is 0 Å². The highest BCUT2D eigenvalue weighted by Gasteiger charge is 2.20. The maximum absolute atomic E-state index is 13.8. The number of anilines is 1. The van der Waals surface area contributed by atoms with Crippen LogP contribution in [0.3, 0.4) is 0 Å². The SMILES string of the molecule is CNc1nccc(C(=O)NCC(C)(C)SC)c1F. The first-order chi connectivity index (χ1) is 8.41. The van der Waals surface area contributed by atoms with Crippen LogP contribution >= 0.6 is 11.8 Å². The second kappa shape index (κ2) is 6.04. The lowest BCUT2D eigenvalue weighted by atomic mass is 10.2. The zero-order valence-corrected chi connectivity index (χ0v) is 11.8. The van der Waals surface area contributed by atoms with E-state index in [4.69, 9.17) is 0 Å². The first kappa shape index (κ1) is 14.8. The second-order valence-electron chi connectivity index (χ2n) is 4.42. The van der Waals surface area contributed by atoms with Gasteiger partial charge in [0.05, 0.1) is 5.56 Å². The molecule has 1 aromatic rings. The summed E-state index contributed by atoms with van der Waals surface area (Å²) < 4.78 is 13.8. The Morgan fingerprint density at radius 2 is 2.22 bits per heavy atom. The molecule has 0 atom stereocenters. The number of carbonyl (C=O) groups excluding carboxylic acids is 1. The number of aromatic nitrogens is 1. The average molecular weight is 271 g/mol. The Morgan fingerprint density at radius 3 is 2.78 bits per heavy atom. The van der Waals surface area contributed by atoms with Gasteiger partial charge in [-0.2, -0.15) is 11.8 Å². The van der Waals surface area contributed by atoms with Gasteiger partial charge in [-0.05, 0) is 26.2 Å². The van der Waals surface area contributed by atoms with E-state index >= 15 is 0 Å². The summed E-state index contributed by atoms with van der Waals surface area (Å²) >= 11 is 1.64. The summed E-state index contributed by atoms with van der Waals surface area (Å²) in [6.45, 7) is 4.50. The number of thioether (sulfide) groups is 1. The molecule has 6 heteroatoms. The normalized spacial score (nSPS) is 11.2. The lowest BCUT2D eigenvalue weighted by Crippen LogP contribution is -2.36. The van der Waals surface area contributed by atoms with E-state index in [1.54, 1.807) is 18.8 Å². The quantitative estimate of drug-likeness (QED) is 0.861. The van der Waals surface area contributed by atoms with Crippen LogP contribution in [-0.2, 0) is 0 Å². The molecule has 1 aromatic heterocycles. The second-order valence-corrected chi connectivity index (χ2v) is 5.93. The molecular weight excluding hydrogens is 253 g/mol. The van der Waals surface area contributed by atoms with Crippen LogP contribution in [0.5, 0.6) is 0 Å². The van der Waals surface area contributed by atoms with Crippen LogP contribution in [0.1, 0.15) is 24.2 Å². The molecule has 18 heavy (non-hydrogen) atoms. The lowest BCUT2D eigenvalue weighted by molar-refractivity contribution is 0.0946. The standard InChI is InChI=1S/C12H18FN3OS/c1-12(2,18-4)7-16-11(17)8-5-6-15-10(14-3)9(8)13/h5-6H,7H2,1-4H3,(H,14,15)(H,16,17). The van der Waals surface area contributed by atoms with Gasteiger partial charge >= 0.3 is 0 Å². The Kier molecular flexibility index (Phi) is 4.95. The van der Waals surface area contributed by atoms with Crippen LogP contribution in [0.4, 0.5) is 10.2 Å². The molecule has 0 fully saturated rings. The first-order valence-electron chi connectivity index (χ1n) is 5.57. The van der Waals surface area contributed by atoms with Gasteiger partial charge in [-0.15, -0.1) is 0 Å². The molecule has 1 heterocycles.